The van der Waals surface area contributed by atoms with Crippen LogP contribution in [0.5, 0.6) is 0 Å². The maximum absolute atomic E-state index is 12.3. The van der Waals surface area contributed by atoms with E-state index in [1.54, 1.807) is 4.57 Å². The lowest BCUT2D eigenvalue weighted by Gasteiger charge is -1.99. The summed E-state index contributed by atoms with van der Waals surface area (Å²) in [4.78, 5) is 23.8. The fourth-order valence-corrected chi connectivity index (χ4v) is 2.45. The monoisotopic (exact) mass is 280 g/mol. The lowest BCUT2D eigenvalue weighted by molar-refractivity contribution is 0.833. The molecular formula is C14H12N6O. The number of fused-ring (bicyclic) bond motifs is 2. The zero-order chi connectivity index (χ0) is 14.4. The van der Waals surface area contributed by atoms with Crippen LogP contribution in [0, 0.1) is 0 Å². The molecule has 1 aromatic carbocycles. The molecule has 0 atom stereocenters. The van der Waals surface area contributed by atoms with Crippen LogP contribution in [0.15, 0.2) is 41.5 Å². The van der Waals surface area contributed by atoms with E-state index < -0.39 is 0 Å². The van der Waals surface area contributed by atoms with Crippen LogP contribution in [0.1, 0.15) is 11.4 Å². The van der Waals surface area contributed by atoms with Crippen molar-refractivity contribution in [3.63, 3.8) is 0 Å². The summed E-state index contributed by atoms with van der Waals surface area (Å²) in [5, 5.41) is 4.32. The summed E-state index contributed by atoms with van der Waals surface area (Å²) in [6, 6.07) is 9.92. The summed E-state index contributed by atoms with van der Waals surface area (Å²) in [5.41, 5.74) is 1.88. The van der Waals surface area contributed by atoms with Gasteiger partial charge in [-0.25, -0.2) is 4.98 Å². The number of H-pyrrole nitrogens is 1. The summed E-state index contributed by atoms with van der Waals surface area (Å²) in [6.45, 7) is 0. The van der Waals surface area contributed by atoms with Gasteiger partial charge in [0.25, 0.3) is 0 Å². The fraction of sp³-hybridized carbons (Fsp3) is 0.143. The summed E-state index contributed by atoms with van der Waals surface area (Å²) in [5.74, 6) is 1.10. The zero-order valence-corrected chi connectivity index (χ0v) is 11.3. The minimum Gasteiger partial charge on any atom is -0.339 e. The van der Waals surface area contributed by atoms with E-state index in [0.29, 0.717) is 29.2 Å². The molecule has 0 spiro atoms. The van der Waals surface area contributed by atoms with Crippen molar-refractivity contribution in [2.24, 2.45) is 7.05 Å². The molecule has 0 fully saturated rings. The number of benzene rings is 1. The van der Waals surface area contributed by atoms with Crippen LogP contribution >= 0.6 is 0 Å². The molecule has 7 nitrogen and oxygen atoms in total. The highest BCUT2D eigenvalue weighted by atomic mass is 16.1. The van der Waals surface area contributed by atoms with Gasteiger partial charge in [0.1, 0.15) is 0 Å². The molecule has 0 saturated heterocycles. The number of nitrogens with one attached hydrogen (secondary N) is 1. The average molecular weight is 280 g/mol. The Bertz CT molecular complexity index is 995. The molecule has 0 aliphatic rings. The predicted molar refractivity (Wildman–Crippen MR) is 77.1 cm³/mol. The number of hydrogen-bond donors (Lipinski definition) is 1. The molecule has 104 valence electrons. The van der Waals surface area contributed by atoms with E-state index in [9.17, 15) is 4.79 Å². The maximum atomic E-state index is 12.3. The fourth-order valence-electron chi connectivity index (χ4n) is 2.45. The van der Waals surface area contributed by atoms with Gasteiger partial charge in [-0.15, -0.1) is 5.10 Å². The number of hydrogen-bond acceptors (Lipinski definition) is 4. The van der Waals surface area contributed by atoms with Crippen molar-refractivity contribution in [3.05, 3.63) is 58.4 Å². The van der Waals surface area contributed by atoms with E-state index in [4.69, 9.17) is 0 Å². The van der Waals surface area contributed by atoms with Crippen molar-refractivity contribution in [1.29, 1.82) is 0 Å². The van der Waals surface area contributed by atoms with Gasteiger partial charge in [0.15, 0.2) is 17.0 Å². The lowest BCUT2D eigenvalue weighted by atomic mass is 10.1. The average Bonchev–Trinajstić information content (AvgIpc) is 3.13. The summed E-state index contributed by atoms with van der Waals surface area (Å²) >= 11 is 0. The predicted octanol–water partition coefficient (Wildman–Crippen LogP) is 0.895. The normalized spacial score (nSPS) is 11.5. The quantitative estimate of drug-likeness (QED) is 0.591. The second-order valence-corrected chi connectivity index (χ2v) is 4.87. The largest absolute Gasteiger partial charge is 0.339 e. The Labute approximate surface area is 118 Å². The van der Waals surface area contributed by atoms with Crippen molar-refractivity contribution < 1.29 is 0 Å². The van der Waals surface area contributed by atoms with E-state index >= 15 is 0 Å². The highest BCUT2D eigenvalue weighted by molar-refractivity contribution is 5.71. The maximum Gasteiger partial charge on any atom is 0.301 e. The van der Waals surface area contributed by atoms with Crippen molar-refractivity contribution in [2.45, 2.75) is 6.42 Å². The van der Waals surface area contributed by atoms with Gasteiger partial charge < -0.3 is 4.98 Å². The van der Waals surface area contributed by atoms with Gasteiger partial charge >= 0.3 is 5.56 Å². The molecule has 7 heteroatoms. The van der Waals surface area contributed by atoms with Crippen LogP contribution in [0.2, 0.25) is 0 Å². The van der Waals surface area contributed by atoms with Crippen molar-refractivity contribution in [3.8, 4) is 0 Å². The Hall–Kier alpha value is -2.96. The molecule has 3 heterocycles. The van der Waals surface area contributed by atoms with E-state index in [0.717, 1.165) is 5.56 Å². The first-order chi connectivity index (χ1) is 10.2. The molecule has 21 heavy (non-hydrogen) atoms. The van der Waals surface area contributed by atoms with Crippen LogP contribution in [0.25, 0.3) is 16.9 Å². The third-order valence-electron chi connectivity index (χ3n) is 3.48. The van der Waals surface area contributed by atoms with Gasteiger partial charge in [-0.1, -0.05) is 30.3 Å². The molecule has 0 amide bonds. The first-order valence-corrected chi connectivity index (χ1v) is 6.55. The topological polar surface area (TPSA) is 80.9 Å². The van der Waals surface area contributed by atoms with Gasteiger partial charge in [0, 0.05) is 13.5 Å². The lowest BCUT2D eigenvalue weighted by Crippen LogP contribution is -2.18. The summed E-state index contributed by atoms with van der Waals surface area (Å²) in [7, 11) is 1.82. The van der Waals surface area contributed by atoms with Crippen LogP contribution in [0.3, 0.4) is 0 Å². The minimum absolute atomic E-state index is 0.234. The molecule has 0 bridgehead atoms. The number of aryl methyl sites for hydroxylation is 1. The van der Waals surface area contributed by atoms with Crippen molar-refractivity contribution in [2.75, 3.05) is 0 Å². The molecule has 0 radical (unpaired) electrons. The Balaban J connectivity index is 1.92. The molecule has 0 aliphatic heterocycles. The first-order valence-electron chi connectivity index (χ1n) is 6.55. The highest BCUT2D eigenvalue weighted by Gasteiger charge is 2.14. The molecular weight excluding hydrogens is 268 g/mol. The summed E-state index contributed by atoms with van der Waals surface area (Å²) < 4.78 is 3.08. The number of imidazole rings is 1. The minimum atomic E-state index is -0.234. The highest BCUT2D eigenvalue weighted by Crippen LogP contribution is 2.10. The van der Waals surface area contributed by atoms with Gasteiger partial charge in [-0.05, 0) is 5.56 Å². The van der Waals surface area contributed by atoms with Crippen LogP contribution < -0.4 is 5.56 Å². The third kappa shape index (κ3) is 1.74. The van der Waals surface area contributed by atoms with E-state index in [-0.39, 0.29) is 5.56 Å². The van der Waals surface area contributed by atoms with Gasteiger partial charge in [-0.3, -0.25) is 9.36 Å². The van der Waals surface area contributed by atoms with E-state index in [1.165, 1.54) is 10.8 Å². The van der Waals surface area contributed by atoms with Crippen LogP contribution in [0.4, 0.5) is 0 Å². The van der Waals surface area contributed by atoms with E-state index in [1.807, 2.05) is 37.4 Å². The first kappa shape index (κ1) is 11.8. The molecule has 0 saturated carbocycles. The number of aromatic amines is 1. The van der Waals surface area contributed by atoms with Gasteiger partial charge in [0.05, 0.1) is 6.33 Å². The molecule has 3 aromatic heterocycles. The SMILES string of the molecule is Cn1c2nc[nH]c2c(=O)n2nc(Cc3ccccc3)nc12. The second kappa shape index (κ2) is 4.27. The molecule has 4 rings (SSSR count). The smallest absolute Gasteiger partial charge is 0.301 e. The Morgan fingerprint density at radius 3 is 2.86 bits per heavy atom. The van der Waals surface area contributed by atoms with Gasteiger partial charge in [0.2, 0.25) is 5.78 Å². The van der Waals surface area contributed by atoms with Gasteiger partial charge in [-0.2, -0.15) is 9.50 Å². The second-order valence-electron chi connectivity index (χ2n) is 4.87. The molecule has 4 aromatic rings. The molecule has 0 unspecified atom stereocenters. The number of nitrogens with zero attached hydrogens (tertiary/aromatic N) is 5. The van der Waals surface area contributed by atoms with E-state index in [2.05, 4.69) is 20.1 Å². The number of aromatic nitrogens is 6. The third-order valence-corrected chi connectivity index (χ3v) is 3.48. The van der Waals surface area contributed by atoms with Crippen LogP contribution in [-0.4, -0.2) is 29.1 Å². The molecule has 0 aliphatic carbocycles. The Morgan fingerprint density at radius 2 is 2.05 bits per heavy atom. The molecule has 1 N–H and O–H groups in total. The van der Waals surface area contributed by atoms with Crippen molar-refractivity contribution in [1.82, 2.24) is 29.1 Å². The Kier molecular flexibility index (Phi) is 2.41. The number of rotatable bonds is 2. The van der Waals surface area contributed by atoms with Crippen molar-refractivity contribution >= 4 is 16.9 Å². The van der Waals surface area contributed by atoms with Crippen LogP contribution in [-0.2, 0) is 13.5 Å². The summed E-state index contributed by atoms with van der Waals surface area (Å²) in [6.07, 6.45) is 2.08. The Morgan fingerprint density at radius 1 is 1.24 bits per heavy atom. The standard InChI is InChI=1S/C14H12N6O/c1-19-12-11(15-8-16-12)13(21)20-14(19)17-10(18-20)7-9-5-3-2-4-6-9/h2-6,8H,7H2,1H3,(H,15,16). The zero-order valence-electron chi connectivity index (χ0n) is 11.3.